The van der Waals surface area contributed by atoms with Crippen molar-refractivity contribution in [3.63, 3.8) is 0 Å². The molecule has 2 saturated heterocycles. The van der Waals surface area contributed by atoms with Gasteiger partial charge in [-0.25, -0.2) is 9.18 Å². The summed E-state index contributed by atoms with van der Waals surface area (Å²) in [5.74, 6) is -0.338. The molecule has 1 atom stereocenters. The molecule has 0 aromatic heterocycles. The minimum absolute atomic E-state index is 0.338. The van der Waals surface area contributed by atoms with Gasteiger partial charge in [0.1, 0.15) is 5.82 Å². The summed E-state index contributed by atoms with van der Waals surface area (Å²) >= 11 is 0. The number of ether oxygens (including phenoxy) is 2. The van der Waals surface area contributed by atoms with Gasteiger partial charge in [-0.1, -0.05) is 0 Å². The van der Waals surface area contributed by atoms with E-state index in [0.717, 1.165) is 0 Å². The molecule has 0 saturated carbocycles. The van der Waals surface area contributed by atoms with E-state index in [2.05, 4.69) is 5.32 Å². The zero-order valence-electron chi connectivity index (χ0n) is 11.8. The molecule has 1 amide bonds. The van der Waals surface area contributed by atoms with Crippen molar-refractivity contribution in [2.75, 3.05) is 49.7 Å². The van der Waals surface area contributed by atoms with E-state index in [4.69, 9.17) is 9.47 Å². The summed E-state index contributed by atoms with van der Waals surface area (Å²) in [6, 6.07) is 4.83. The molecule has 0 spiro atoms. The Morgan fingerprint density at radius 1 is 1.33 bits per heavy atom. The maximum absolute atomic E-state index is 14.3. The van der Waals surface area contributed by atoms with Crippen LogP contribution in [0.4, 0.5) is 20.6 Å². The van der Waals surface area contributed by atoms with Crippen LogP contribution in [-0.4, -0.2) is 52.2 Å². The van der Waals surface area contributed by atoms with Crippen molar-refractivity contribution in [3.8, 4) is 0 Å². The van der Waals surface area contributed by atoms with Crippen molar-refractivity contribution >= 4 is 17.5 Å². The number of amides is 1. The lowest BCUT2D eigenvalue weighted by atomic mass is 10.2. The van der Waals surface area contributed by atoms with Crippen molar-refractivity contribution in [1.29, 1.82) is 0 Å². The smallest absolute Gasteiger partial charge is 0.416 e. The second kappa shape index (κ2) is 5.87. The average Bonchev–Trinajstić information content (AvgIpc) is 2.89. The molecule has 7 heteroatoms. The number of cyclic esters (lactones) is 1. The van der Waals surface area contributed by atoms with Gasteiger partial charge in [0.25, 0.3) is 0 Å². The van der Waals surface area contributed by atoms with Crippen LogP contribution in [0, 0.1) is 5.82 Å². The lowest BCUT2D eigenvalue weighted by Gasteiger charge is -2.29. The van der Waals surface area contributed by atoms with Gasteiger partial charge < -0.3 is 14.4 Å². The molecule has 0 bridgehead atoms. The molecular weight excluding hydrogens is 277 g/mol. The van der Waals surface area contributed by atoms with Crippen molar-refractivity contribution in [2.45, 2.75) is 6.23 Å². The van der Waals surface area contributed by atoms with Crippen LogP contribution in [0.15, 0.2) is 18.2 Å². The third-order valence-electron chi connectivity index (χ3n) is 3.73. The highest BCUT2D eigenvalue weighted by atomic mass is 19.1. The summed E-state index contributed by atoms with van der Waals surface area (Å²) in [4.78, 5) is 15.1. The number of halogens is 1. The van der Waals surface area contributed by atoms with Crippen LogP contribution in [0.1, 0.15) is 0 Å². The minimum Gasteiger partial charge on any atom is -0.428 e. The van der Waals surface area contributed by atoms with Gasteiger partial charge in [0.2, 0.25) is 0 Å². The van der Waals surface area contributed by atoms with E-state index in [1.807, 2.05) is 4.90 Å². The van der Waals surface area contributed by atoms with Gasteiger partial charge in [0.05, 0.1) is 31.1 Å². The van der Waals surface area contributed by atoms with Crippen LogP contribution in [0.25, 0.3) is 0 Å². The lowest BCUT2D eigenvalue weighted by molar-refractivity contribution is 0.122. The van der Waals surface area contributed by atoms with E-state index in [1.165, 1.54) is 11.0 Å². The first kappa shape index (κ1) is 14.1. The fraction of sp³-hybridized carbons (Fsp3) is 0.500. The van der Waals surface area contributed by atoms with Crippen molar-refractivity contribution in [3.05, 3.63) is 24.0 Å². The zero-order valence-corrected chi connectivity index (χ0v) is 11.8. The normalized spacial score (nSPS) is 22.6. The monoisotopic (exact) mass is 295 g/mol. The number of anilines is 2. The van der Waals surface area contributed by atoms with Crippen LogP contribution in [0.3, 0.4) is 0 Å². The first-order chi connectivity index (χ1) is 10.2. The molecule has 21 heavy (non-hydrogen) atoms. The van der Waals surface area contributed by atoms with Crippen LogP contribution in [0.2, 0.25) is 0 Å². The number of carbonyl (C=O) groups excluding carboxylic acids is 1. The molecule has 2 aliphatic heterocycles. The van der Waals surface area contributed by atoms with Gasteiger partial charge in [0, 0.05) is 13.1 Å². The Morgan fingerprint density at radius 2 is 2.10 bits per heavy atom. The summed E-state index contributed by atoms with van der Waals surface area (Å²) in [7, 11) is 1.71. The number of hydrogen-bond acceptors (Lipinski definition) is 5. The van der Waals surface area contributed by atoms with E-state index in [0.29, 0.717) is 44.2 Å². The largest absolute Gasteiger partial charge is 0.428 e. The third-order valence-corrected chi connectivity index (χ3v) is 3.73. The lowest BCUT2D eigenvalue weighted by Crippen LogP contribution is -2.36. The second-order valence-electron chi connectivity index (χ2n) is 5.01. The molecule has 2 heterocycles. The van der Waals surface area contributed by atoms with Crippen molar-refractivity contribution in [1.82, 2.24) is 5.32 Å². The second-order valence-corrected chi connectivity index (χ2v) is 5.01. The van der Waals surface area contributed by atoms with Crippen LogP contribution < -0.4 is 15.1 Å². The number of benzene rings is 1. The molecule has 6 nitrogen and oxygen atoms in total. The first-order valence-corrected chi connectivity index (χ1v) is 6.96. The highest BCUT2D eigenvalue weighted by Gasteiger charge is 2.31. The van der Waals surface area contributed by atoms with E-state index < -0.39 is 6.09 Å². The number of nitrogens with one attached hydrogen (secondary N) is 1. The average molecular weight is 295 g/mol. The number of morpholine rings is 1. The van der Waals surface area contributed by atoms with E-state index in [1.54, 1.807) is 19.2 Å². The van der Waals surface area contributed by atoms with Crippen LogP contribution >= 0.6 is 0 Å². The van der Waals surface area contributed by atoms with Gasteiger partial charge in [-0.3, -0.25) is 10.2 Å². The maximum atomic E-state index is 14.3. The standard InChI is InChI=1S/C14H18FN3O3/c1-16-13-9-18(14(19)21-13)10-2-3-12(11(15)8-10)17-4-6-20-7-5-17/h2-3,8,13,16H,4-7,9H2,1H3. The number of nitrogens with zero attached hydrogens (tertiary/aromatic N) is 2. The molecule has 1 unspecified atom stereocenters. The quantitative estimate of drug-likeness (QED) is 0.907. The fourth-order valence-corrected chi connectivity index (χ4v) is 2.55. The predicted octanol–water partition coefficient (Wildman–Crippen LogP) is 1.16. The number of rotatable bonds is 3. The molecule has 2 fully saturated rings. The Bertz CT molecular complexity index is 534. The van der Waals surface area contributed by atoms with Gasteiger partial charge in [-0.05, 0) is 25.2 Å². The molecule has 0 radical (unpaired) electrons. The van der Waals surface area contributed by atoms with E-state index >= 15 is 0 Å². The Hall–Kier alpha value is -1.86. The summed E-state index contributed by atoms with van der Waals surface area (Å²) in [5.41, 5.74) is 1.05. The fourth-order valence-electron chi connectivity index (χ4n) is 2.55. The SMILES string of the molecule is CNC1CN(c2ccc(N3CCOCC3)c(F)c2)C(=O)O1. The first-order valence-electron chi connectivity index (χ1n) is 6.96. The predicted molar refractivity (Wildman–Crippen MR) is 76.1 cm³/mol. The summed E-state index contributed by atoms with van der Waals surface area (Å²) in [6.07, 6.45) is -0.827. The van der Waals surface area contributed by atoms with E-state index in [-0.39, 0.29) is 12.0 Å². The van der Waals surface area contributed by atoms with Crippen molar-refractivity contribution in [2.24, 2.45) is 0 Å². The molecular formula is C14H18FN3O3. The van der Waals surface area contributed by atoms with Crippen LogP contribution in [-0.2, 0) is 9.47 Å². The van der Waals surface area contributed by atoms with Gasteiger partial charge >= 0.3 is 6.09 Å². The third kappa shape index (κ3) is 2.79. The Kier molecular flexibility index (Phi) is 3.94. The Labute approximate surface area is 122 Å². The molecule has 1 aromatic carbocycles. The number of likely N-dealkylation sites (N-methyl/N-ethyl adjacent to an activating group) is 1. The molecule has 2 aliphatic rings. The Morgan fingerprint density at radius 3 is 2.71 bits per heavy atom. The maximum Gasteiger partial charge on any atom is 0.416 e. The zero-order chi connectivity index (χ0) is 14.8. The molecule has 0 aliphatic carbocycles. The number of hydrogen-bond donors (Lipinski definition) is 1. The van der Waals surface area contributed by atoms with Crippen molar-refractivity contribution < 1.29 is 18.7 Å². The Balaban J connectivity index is 1.79. The molecule has 114 valence electrons. The highest BCUT2D eigenvalue weighted by molar-refractivity contribution is 5.90. The molecule has 1 N–H and O–H groups in total. The van der Waals surface area contributed by atoms with Gasteiger partial charge in [-0.2, -0.15) is 0 Å². The minimum atomic E-state index is -0.465. The molecule has 1 aromatic rings. The van der Waals surface area contributed by atoms with Crippen LogP contribution in [0.5, 0.6) is 0 Å². The summed E-state index contributed by atoms with van der Waals surface area (Å²) in [6.45, 7) is 2.91. The van der Waals surface area contributed by atoms with E-state index in [9.17, 15) is 9.18 Å². The molecule has 3 rings (SSSR count). The highest BCUT2D eigenvalue weighted by Crippen LogP contribution is 2.27. The van der Waals surface area contributed by atoms with Gasteiger partial charge in [0.15, 0.2) is 6.23 Å². The number of carbonyl (C=O) groups is 1. The topological polar surface area (TPSA) is 54.0 Å². The summed E-state index contributed by atoms with van der Waals surface area (Å²) < 4.78 is 24.7. The summed E-state index contributed by atoms with van der Waals surface area (Å²) in [5, 5.41) is 2.87. The van der Waals surface area contributed by atoms with Gasteiger partial charge in [-0.15, -0.1) is 0 Å².